The van der Waals surface area contributed by atoms with Crippen LogP contribution in [-0.2, 0) is 4.74 Å². The summed E-state index contributed by atoms with van der Waals surface area (Å²) >= 11 is 0. The molecule has 0 bridgehead atoms. The monoisotopic (exact) mass is 251 g/mol. The van der Waals surface area contributed by atoms with Crippen molar-refractivity contribution in [2.45, 2.75) is 71.0 Å². The number of hydrogen-bond acceptors (Lipinski definition) is 3. The predicted octanol–water partition coefficient (Wildman–Crippen LogP) is 3.03. The van der Waals surface area contributed by atoms with Gasteiger partial charge in [-0.2, -0.15) is 5.26 Å². The molecule has 0 heterocycles. The summed E-state index contributed by atoms with van der Waals surface area (Å²) in [7, 11) is 0. The Balaban J connectivity index is 2.05. The van der Waals surface area contributed by atoms with E-state index in [1.165, 1.54) is 0 Å². The molecule has 0 saturated heterocycles. The average molecular weight is 251 g/mol. The number of aliphatic hydroxyl groups is 1. The van der Waals surface area contributed by atoms with Gasteiger partial charge in [0.25, 0.3) is 0 Å². The van der Waals surface area contributed by atoms with E-state index in [9.17, 15) is 10.4 Å². The SMILES string of the molecule is CCOC1CC(O)(C2(C#N)CCC(C)(C)CC2)C1. The lowest BCUT2D eigenvalue weighted by Gasteiger charge is -2.55. The highest BCUT2D eigenvalue weighted by Crippen LogP contribution is 2.56. The van der Waals surface area contributed by atoms with Gasteiger partial charge < -0.3 is 9.84 Å². The number of rotatable bonds is 3. The van der Waals surface area contributed by atoms with Gasteiger partial charge in [0.15, 0.2) is 0 Å². The largest absolute Gasteiger partial charge is 0.388 e. The molecule has 2 saturated carbocycles. The van der Waals surface area contributed by atoms with E-state index in [1.807, 2.05) is 6.92 Å². The number of hydrogen-bond donors (Lipinski definition) is 1. The molecule has 3 nitrogen and oxygen atoms in total. The molecular formula is C15H25NO2. The minimum Gasteiger partial charge on any atom is -0.388 e. The third-order valence-corrected chi connectivity index (χ3v) is 5.09. The van der Waals surface area contributed by atoms with E-state index in [0.29, 0.717) is 24.9 Å². The van der Waals surface area contributed by atoms with Gasteiger partial charge in [0.2, 0.25) is 0 Å². The molecule has 0 spiro atoms. The number of nitrogens with zero attached hydrogens (tertiary/aromatic N) is 1. The smallest absolute Gasteiger partial charge is 0.0882 e. The zero-order chi connectivity index (χ0) is 13.4. The van der Waals surface area contributed by atoms with Crippen molar-refractivity contribution in [3.05, 3.63) is 0 Å². The van der Waals surface area contributed by atoms with Crippen LogP contribution in [0.15, 0.2) is 0 Å². The van der Waals surface area contributed by atoms with Crippen molar-refractivity contribution < 1.29 is 9.84 Å². The van der Waals surface area contributed by atoms with Crippen LogP contribution in [0, 0.1) is 22.2 Å². The maximum Gasteiger partial charge on any atom is 0.0882 e. The molecule has 2 aliphatic carbocycles. The molecule has 2 aliphatic rings. The van der Waals surface area contributed by atoms with E-state index < -0.39 is 11.0 Å². The van der Waals surface area contributed by atoms with Crippen LogP contribution < -0.4 is 0 Å². The third-order valence-electron chi connectivity index (χ3n) is 5.09. The van der Waals surface area contributed by atoms with Gasteiger partial charge in [-0.05, 0) is 38.0 Å². The van der Waals surface area contributed by atoms with Crippen molar-refractivity contribution in [2.24, 2.45) is 10.8 Å². The Morgan fingerprint density at radius 1 is 1.22 bits per heavy atom. The minimum atomic E-state index is -0.807. The molecule has 0 aromatic carbocycles. The second-order valence-electron chi connectivity index (χ2n) is 6.88. The van der Waals surface area contributed by atoms with Crippen molar-refractivity contribution in [2.75, 3.05) is 6.61 Å². The average Bonchev–Trinajstić information content (AvgIpc) is 2.28. The first kappa shape index (κ1) is 13.8. The first-order valence-electron chi connectivity index (χ1n) is 7.12. The lowest BCUT2D eigenvalue weighted by atomic mass is 9.53. The van der Waals surface area contributed by atoms with Crippen LogP contribution in [0.5, 0.6) is 0 Å². The summed E-state index contributed by atoms with van der Waals surface area (Å²) in [6, 6.07) is 2.45. The first-order valence-corrected chi connectivity index (χ1v) is 7.12. The van der Waals surface area contributed by atoms with Crippen LogP contribution in [0.3, 0.4) is 0 Å². The molecule has 18 heavy (non-hydrogen) atoms. The Kier molecular flexibility index (Phi) is 3.46. The molecule has 0 aromatic rings. The van der Waals surface area contributed by atoms with Crippen molar-refractivity contribution in [3.63, 3.8) is 0 Å². The van der Waals surface area contributed by atoms with Gasteiger partial charge in [-0.3, -0.25) is 0 Å². The van der Waals surface area contributed by atoms with Gasteiger partial charge in [0.05, 0.1) is 23.2 Å². The van der Waals surface area contributed by atoms with Gasteiger partial charge in [0.1, 0.15) is 0 Å². The van der Waals surface area contributed by atoms with Crippen LogP contribution in [0.4, 0.5) is 0 Å². The normalized spacial score (nSPS) is 37.6. The van der Waals surface area contributed by atoms with Crippen LogP contribution >= 0.6 is 0 Å². The highest BCUT2D eigenvalue weighted by atomic mass is 16.5. The van der Waals surface area contributed by atoms with E-state index in [1.54, 1.807) is 0 Å². The summed E-state index contributed by atoms with van der Waals surface area (Å²) in [5.41, 5.74) is -1.02. The van der Waals surface area contributed by atoms with Gasteiger partial charge in [-0.15, -0.1) is 0 Å². The Labute approximate surface area is 110 Å². The minimum absolute atomic E-state index is 0.153. The van der Waals surface area contributed by atoms with Crippen LogP contribution in [0.2, 0.25) is 0 Å². The summed E-state index contributed by atoms with van der Waals surface area (Å²) in [6.07, 6.45) is 5.13. The van der Waals surface area contributed by atoms with Gasteiger partial charge >= 0.3 is 0 Å². The summed E-state index contributed by atoms with van der Waals surface area (Å²) in [5, 5.41) is 20.3. The second-order valence-corrected chi connectivity index (χ2v) is 6.88. The summed E-state index contributed by atoms with van der Waals surface area (Å²) in [4.78, 5) is 0. The van der Waals surface area contributed by atoms with E-state index >= 15 is 0 Å². The third kappa shape index (κ3) is 2.17. The molecule has 0 radical (unpaired) electrons. The molecule has 1 N–H and O–H groups in total. The molecule has 2 fully saturated rings. The molecule has 0 aromatic heterocycles. The Bertz CT molecular complexity index is 340. The van der Waals surface area contributed by atoms with Gasteiger partial charge in [-0.1, -0.05) is 13.8 Å². The second kappa shape index (κ2) is 4.51. The highest BCUT2D eigenvalue weighted by Gasteiger charge is 2.59. The quantitative estimate of drug-likeness (QED) is 0.838. The molecule has 2 rings (SSSR count). The zero-order valence-electron chi connectivity index (χ0n) is 11.8. The van der Waals surface area contributed by atoms with Gasteiger partial charge in [-0.25, -0.2) is 0 Å². The molecule has 0 atom stereocenters. The van der Waals surface area contributed by atoms with Crippen molar-refractivity contribution in [3.8, 4) is 6.07 Å². The summed E-state index contributed by atoms with van der Waals surface area (Å²) in [6.45, 7) is 7.16. The standard InChI is InChI=1S/C15H25NO2/c1-4-18-12-9-15(17,10-12)14(11-16)7-5-13(2,3)6-8-14/h12,17H,4-10H2,1-3H3. The van der Waals surface area contributed by atoms with Crippen LogP contribution in [-0.4, -0.2) is 23.4 Å². The maximum atomic E-state index is 10.8. The first-order chi connectivity index (χ1) is 8.36. The maximum absolute atomic E-state index is 10.8. The molecule has 102 valence electrons. The van der Waals surface area contributed by atoms with Crippen molar-refractivity contribution in [1.82, 2.24) is 0 Å². The fourth-order valence-electron chi connectivity index (χ4n) is 3.47. The van der Waals surface area contributed by atoms with Gasteiger partial charge in [0, 0.05) is 19.4 Å². The lowest BCUT2D eigenvalue weighted by molar-refractivity contribution is -0.198. The van der Waals surface area contributed by atoms with Crippen LogP contribution in [0.1, 0.15) is 59.3 Å². The molecule has 0 aliphatic heterocycles. The zero-order valence-corrected chi connectivity index (χ0v) is 11.8. The fourth-order valence-corrected chi connectivity index (χ4v) is 3.47. The van der Waals surface area contributed by atoms with E-state index in [2.05, 4.69) is 19.9 Å². The number of nitriles is 1. The molecular weight excluding hydrogens is 226 g/mol. The van der Waals surface area contributed by atoms with Crippen LogP contribution in [0.25, 0.3) is 0 Å². The topological polar surface area (TPSA) is 53.2 Å². The number of ether oxygens (including phenoxy) is 1. The molecule has 0 unspecified atom stereocenters. The van der Waals surface area contributed by atoms with E-state index in [0.717, 1.165) is 25.7 Å². The summed E-state index contributed by atoms with van der Waals surface area (Å²) in [5.74, 6) is 0. The predicted molar refractivity (Wildman–Crippen MR) is 69.9 cm³/mol. The Morgan fingerprint density at radius 2 is 1.78 bits per heavy atom. The van der Waals surface area contributed by atoms with Crippen molar-refractivity contribution >= 4 is 0 Å². The lowest BCUT2D eigenvalue weighted by Crippen LogP contribution is -2.60. The van der Waals surface area contributed by atoms with Crippen molar-refractivity contribution in [1.29, 1.82) is 5.26 Å². The Hall–Kier alpha value is -0.590. The molecule has 3 heteroatoms. The summed E-state index contributed by atoms with van der Waals surface area (Å²) < 4.78 is 5.53. The Morgan fingerprint density at radius 3 is 2.22 bits per heavy atom. The van der Waals surface area contributed by atoms with E-state index in [-0.39, 0.29) is 6.10 Å². The van der Waals surface area contributed by atoms with E-state index in [4.69, 9.17) is 4.74 Å². The molecule has 0 amide bonds. The highest BCUT2D eigenvalue weighted by molar-refractivity contribution is 5.18. The fraction of sp³-hybridized carbons (Fsp3) is 0.933.